The summed E-state index contributed by atoms with van der Waals surface area (Å²) in [5, 5.41) is 5.67. The Morgan fingerprint density at radius 2 is 2.22 bits per heavy atom. The van der Waals surface area contributed by atoms with E-state index in [9.17, 15) is 9.18 Å². The Balaban J connectivity index is 2.57. The summed E-state index contributed by atoms with van der Waals surface area (Å²) in [6.45, 7) is 3.82. The molecule has 1 unspecified atom stereocenters. The third-order valence-electron chi connectivity index (χ3n) is 2.61. The number of hydrogen-bond acceptors (Lipinski definition) is 2. The zero-order valence-electron chi connectivity index (χ0n) is 10.5. The van der Waals surface area contributed by atoms with E-state index in [1.165, 1.54) is 12.1 Å². The molecular weight excluding hydrogens is 231 g/mol. The van der Waals surface area contributed by atoms with Crippen molar-refractivity contribution in [2.24, 2.45) is 0 Å². The Labute approximate surface area is 107 Å². The number of nitrogens with one attached hydrogen (secondary N) is 2. The first-order valence-electron chi connectivity index (χ1n) is 5.77. The quantitative estimate of drug-likeness (QED) is 0.777. The van der Waals surface area contributed by atoms with E-state index in [1.807, 2.05) is 13.0 Å². The molecule has 0 saturated heterocycles. The van der Waals surface area contributed by atoms with E-state index in [4.69, 9.17) is 6.42 Å². The summed E-state index contributed by atoms with van der Waals surface area (Å²) in [4.78, 5) is 11.6. The van der Waals surface area contributed by atoms with E-state index in [-0.39, 0.29) is 24.3 Å². The van der Waals surface area contributed by atoms with Gasteiger partial charge in [-0.05, 0) is 31.5 Å². The first kappa shape index (κ1) is 14.2. The molecule has 0 heterocycles. The van der Waals surface area contributed by atoms with Gasteiger partial charge in [0, 0.05) is 6.04 Å². The molecule has 2 atom stereocenters. The van der Waals surface area contributed by atoms with Gasteiger partial charge in [0.15, 0.2) is 0 Å². The van der Waals surface area contributed by atoms with Crippen molar-refractivity contribution in [2.75, 3.05) is 6.54 Å². The maximum Gasteiger partial charge on any atom is 0.237 e. The predicted octanol–water partition coefficient (Wildman–Crippen LogP) is 1.61. The van der Waals surface area contributed by atoms with Crippen molar-refractivity contribution in [3.63, 3.8) is 0 Å². The minimum Gasteiger partial charge on any atom is -0.344 e. The molecule has 1 rings (SSSR count). The molecular formula is C14H17FN2O. The molecule has 1 aromatic rings. The van der Waals surface area contributed by atoms with Gasteiger partial charge >= 0.3 is 0 Å². The Hall–Kier alpha value is -1.86. The van der Waals surface area contributed by atoms with Gasteiger partial charge in [-0.1, -0.05) is 18.1 Å². The van der Waals surface area contributed by atoms with Crippen LogP contribution in [-0.2, 0) is 4.79 Å². The maximum atomic E-state index is 13.1. The number of carbonyl (C=O) groups excluding carboxylic acids is 1. The van der Waals surface area contributed by atoms with Crippen molar-refractivity contribution in [3.05, 3.63) is 35.6 Å². The highest BCUT2D eigenvalue weighted by Crippen LogP contribution is 2.13. The van der Waals surface area contributed by atoms with Gasteiger partial charge in [-0.25, -0.2) is 4.39 Å². The molecule has 18 heavy (non-hydrogen) atoms. The molecule has 0 fully saturated rings. The maximum absolute atomic E-state index is 13.1. The SMILES string of the molecule is C#CCNC(=O)C(C)N[C@H](C)c1cccc(F)c1. The second-order valence-electron chi connectivity index (χ2n) is 4.09. The second kappa shape index (κ2) is 6.77. The topological polar surface area (TPSA) is 41.1 Å². The van der Waals surface area contributed by atoms with E-state index >= 15 is 0 Å². The van der Waals surface area contributed by atoms with Gasteiger partial charge in [-0.2, -0.15) is 0 Å². The molecule has 0 bridgehead atoms. The van der Waals surface area contributed by atoms with Crippen molar-refractivity contribution >= 4 is 5.91 Å². The fourth-order valence-corrected chi connectivity index (χ4v) is 1.61. The van der Waals surface area contributed by atoms with Crippen LogP contribution in [-0.4, -0.2) is 18.5 Å². The molecule has 0 radical (unpaired) electrons. The lowest BCUT2D eigenvalue weighted by molar-refractivity contribution is -0.122. The number of terminal acetylenes is 1. The summed E-state index contributed by atoms with van der Waals surface area (Å²) in [5.74, 6) is 1.88. The molecule has 3 nitrogen and oxygen atoms in total. The number of halogens is 1. The van der Waals surface area contributed by atoms with Gasteiger partial charge in [-0.15, -0.1) is 6.42 Å². The summed E-state index contributed by atoms with van der Waals surface area (Å²) >= 11 is 0. The Morgan fingerprint density at radius 3 is 2.83 bits per heavy atom. The fourth-order valence-electron chi connectivity index (χ4n) is 1.61. The van der Waals surface area contributed by atoms with Crippen LogP contribution in [0.1, 0.15) is 25.5 Å². The monoisotopic (exact) mass is 248 g/mol. The van der Waals surface area contributed by atoms with Crippen molar-refractivity contribution in [1.29, 1.82) is 0 Å². The number of amides is 1. The van der Waals surface area contributed by atoms with Gasteiger partial charge < -0.3 is 5.32 Å². The van der Waals surface area contributed by atoms with Crippen LogP contribution >= 0.6 is 0 Å². The van der Waals surface area contributed by atoms with Crippen LogP contribution in [0.25, 0.3) is 0 Å². The lowest BCUT2D eigenvalue weighted by Crippen LogP contribution is -2.43. The molecule has 0 spiro atoms. The smallest absolute Gasteiger partial charge is 0.237 e. The van der Waals surface area contributed by atoms with Gasteiger partial charge in [-0.3, -0.25) is 10.1 Å². The molecule has 2 N–H and O–H groups in total. The lowest BCUT2D eigenvalue weighted by atomic mass is 10.1. The average Bonchev–Trinajstić information content (AvgIpc) is 2.35. The summed E-state index contributed by atoms with van der Waals surface area (Å²) in [6, 6.07) is 5.78. The van der Waals surface area contributed by atoms with Gasteiger partial charge in [0.05, 0.1) is 12.6 Å². The molecule has 4 heteroatoms. The first-order valence-corrected chi connectivity index (χ1v) is 5.77. The molecule has 0 aromatic heterocycles. The highest BCUT2D eigenvalue weighted by Gasteiger charge is 2.15. The molecule has 1 aromatic carbocycles. The third-order valence-corrected chi connectivity index (χ3v) is 2.61. The fraction of sp³-hybridized carbons (Fsp3) is 0.357. The summed E-state index contributed by atoms with van der Waals surface area (Å²) in [6.07, 6.45) is 5.06. The largest absolute Gasteiger partial charge is 0.344 e. The Kier molecular flexibility index (Phi) is 5.34. The standard InChI is InChI=1S/C14H17FN2O/c1-4-8-16-14(18)11(3)17-10(2)12-6-5-7-13(15)9-12/h1,5-7,9-11,17H,8H2,2-3H3,(H,16,18)/t10-,11?/m1/s1. The highest BCUT2D eigenvalue weighted by atomic mass is 19.1. The molecule has 96 valence electrons. The van der Waals surface area contributed by atoms with Gasteiger partial charge in [0.2, 0.25) is 5.91 Å². The minimum atomic E-state index is -0.392. The van der Waals surface area contributed by atoms with Crippen LogP contribution in [0, 0.1) is 18.2 Å². The van der Waals surface area contributed by atoms with Crippen LogP contribution in [0.3, 0.4) is 0 Å². The van der Waals surface area contributed by atoms with Crippen LogP contribution in [0.4, 0.5) is 4.39 Å². The normalized spacial score (nSPS) is 13.4. The average molecular weight is 248 g/mol. The predicted molar refractivity (Wildman–Crippen MR) is 69.3 cm³/mol. The number of benzene rings is 1. The van der Waals surface area contributed by atoms with Crippen molar-refractivity contribution in [3.8, 4) is 12.3 Å². The van der Waals surface area contributed by atoms with Gasteiger partial charge in [0.25, 0.3) is 0 Å². The van der Waals surface area contributed by atoms with Crippen molar-refractivity contribution in [2.45, 2.75) is 25.9 Å². The zero-order chi connectivity index (χ0) is 13.5. The molecule has 0 aliphatic heterocycles. The van der Waals surface area contributed by atoms with Crippen molar-refractivity contribution in [1.82, 2.24) is 10.6 Å². The van der Waals surface area contributed by atoms with Crippen LogP contribution in [0.5, 0.6) is 0 Å². The van der Waals surface area contributed by atoms with Crippen LogP contribution in [0.2, 0.25) is 0 Å². The van der Waals surface area contributed by atoms with E-state index in [0.717, 1.165) is 5.56 Å². The third kappa shape index (κ3) is 4.19. The van der Waals surface area contributed by atoms with Gasteiger partial charge in [0.1, 0.15) is 5.82 Å². The van der Waals surface area contributed by atoms with E-state index in [0.29, 0.717) is 0 Å². The lowest BCUT2D eigenvalue weighted by Gasteiger charge is -2.19. The number of carbonyl (C=O) groups is 1. The second-order valence-corrected chi connectivity index (χ2v) is 4.09. The highest BCUT2D eigenvalue weighted by molar-refractivity contribution is 5.81. The van der Waals surface area contributed by atoms with E-state index in [1.54, 1.807) is 13.0 Å². The molecule has 0 aliphatic rings. The first-order chi connectivity index (χ1) is 8.54. The molecule has 1 amide bonds. The molecule has 0 saturated carbocycles. The van der Waals surface area contributed by atoms with Crippen LogP contribution < -0.4 is 10.6 Å². The minimum absolute atomic E-state index is 0.118. The summed E-state index contributed by atoms with van der Waals surface area (Å²) in [7, 11) is 0. The van der Waals surface area contributed by atoms with Crippen LogP contribution in [0.15, 0.2) is 24.3 Å². The number of rotatable bonds is 5. The Bertz CT molecular complexity index is 453. The van der Waals surface area contributed by atoms with Crippen molar-refractivity contribution < 1.29 is 9.18 Å². The zero-order valence-corrected chi connectivity index (χ0v) is 10.5. The summed E-state index contributed by atoms with van der Waals surface area (Å²) < 4.78 is 13.1. The van der Waals surface area contributed by atoms with E-state index in [2.05, 4.69) is 16.6 Å². The number of hydrogen-bond donors (Lipinski definition) is 2. The van der Waals surface area contributed by atoms with E-state index < -0.39 is 6.04 Å². The Morgan fingerprint density at radius 1 is 1.50 bits per heavy atom. The molecule has 0 aliphatic carbocycles. The summed E-state index contributed by atoms with van der Waals surface area (Å²) in [5.41, 5.74) is 0.798.